The number of benzene rings is 1. The molecule has 2 aromatic rings. The minimum Gasteiger partial charge on any atom is -0.361 e. The molecular weight excluding hydrogens is 323 g/mol. The summed E-state index contributed by atoms with van der Waals surface area (Å²) in [5, 5.41) is 7.34. The van der Waals surface area contributed by atoms with E-state index >= 15 is 0 Å². The van der Waals surface area contributed by atoms with Crippen LogP contribution in [0.4, 0.5) is 4.39 Å². The Hall–Kier alpha value is -1.20. The van der Waals surface area contributed by atoms with Crippen molar-refractivity contribution in [3.63, 3.8) is 0 Å². The Morgan fingerprint density at radius 3 is 2.55 bits per heavy atom. The lowest BCUT2D eigenvalue weighted by atomic mass is 10.0. The molecule has 0 aliphatic heterocycles. The second-order valence-electron chi connectivity index (χ2n) is 5.01. The van der Waals surface area contributed by atoms with Gasteiger partial charge in [-0.1, -0.05) is 21.1 Å². The molecular formula is C15H18BrFN2O. The van der Waals surface area contributed by atoms with Crippen molar-refractivity contribution in [2.45, 2.75) is 39.8 Å². The first kappa shape index (κ1) is 15.2. The van der Waals surface area contributed by atoms with Crippen molar-refractivity contribution in [2.75, 3.05) is 0 Å². The predicted molar refractivity (Wildman–Crippen MR) is 80.0 cm³/mol. The van der Waals surface area contributed by atoms with Gasteiger partial charge in [-0.15, -0.1) is 0 Å². The Morgan fingerprint density at radius 2 is 1.95 bits per heavy atom. The molecule has 1 N–H and O–H groups in total. The molecule has 108 valence electrons. The number of hydrogen-bond donors (Lipinski definition) is 1. The van der Waals surface area contributed by atoms with E-state index in [1.807, 2.05) is 27.7 Å². The molecule has 1 aromatic carbocycles. The molecule has 1 heterocycles. The predicted octanol–water partition coefficient (Wildman–Crippen LogP) is 4.60. The molecule has 1 aromatic heterocycles. The summed E-state index contributed by atoms with van der Waals surface area (Å²) in [6.07, 6.45) is 0. The van der Waals surface area contributed by atoms with Crippen molar-refractivity contribution in [3.8, 4) is 0 Å². The first-order chi connectivity index (χ1) is 9.40. The van der Waals surface area contributed by atoms with Crippen LogP contribution < -0.4 is 5.32 Å². The van der Waals surface area contributed by atoms with Gasteiger partial charge in [0, 0.05) is 27.7 Å². The summed E-state index contributed by atoms with van der Waals surface area (Å²) >= 11 is 3.37. The minimum absolute atomic E-state index is 0.0367. The van der Waals surface area contributed by atoms with Crippen LogP contribution in [0.3, 0.4) is 0 Å². The standard InChI is InChI=1S/C15H18BrFN2O/c1-8(13-7-12(16)5-6-14(13)17)18-9(2)15-10(3)19-20-11(15)4/h5-9,18H,1-4H3/t8-,9+/m0/s1. The summed E-state index contributed by atoms with van der Waals surface area (Å²) in [4.78, 5) is 0. The van der Waals surface area contributed by atoms with Crippen LogP contribution in [0.1, 0.15) is 48.5 Å². The molecule has 0 fully saturated rings. The molecule has 20 heavy (non-hydrogen) atoms. The normalized spacial score (nSPS) is 14.3. The quantitative estimate of drug-likeness (QED) is 0.883. The minimum atomic E-state index is -0.209. The van der Waals surface area contributed by atoms with Gasteiger partial charge in [0.1, 0.15) is 11.6 Å². The monoisotopic (exact) mass is 340 g/mol. The largest absolute Gasteiger partial charge is 0.361 e. The van der Waals surface area contributed by atoms with Crippen molar-refractivity contribution in [2.24, 2.45) is 0 Å². The van der Waals surface area contributed by atoms with Gasteiger partial charge in [0.25, 0.3) is 0 Å². The Bertz CT molecular complexity index is 592. The fraction of sp³-hybridized carbons (Fsp3) is 0.400. The maximum Gasteiger partial charge on any atom is 0.138 e. The highest BCUT2D eigenvalue weighted by molar-refractivity contribution is 9.10. The summed E-state index contributed by atoms with van der Waals surface area (Å²) in [5.74, 6) is 0.587. The summed E-state index contributed by atoms with van der Waals surface area (Å²) in [6.45, 7) is 7.77. The van der Waals surface area contributed by atoms with Gasteiger partial charge in [0.05, 0.1) is 5.69 Å². The van der Waals surface area contributed by atoms with Crippen LogP contribution in [0.2, 0.25) is 0 Å². The molecule has 0 aliphatic rings. The molecule has 0 amide bonds. The maximum atomic E-state index is 13.9. The average molecular weight is 341 g/mol. The van der Waals surface area contributed by atoms with Crippen LogP contribution >= 0.6 is 15.9 Å². The summed E-state index contributed by atoms with van der Waals surface area (Å²) in [5.41, 5.74) is 2.54. The highest BCUT2D eigenvalue weighted by Gasteiger charge is 2.20. The SMILES string of the molecule is Cc1noc(C)c1[C@@H](C)N[C@@H](C)c1cc(Br)ccc1F. The zero-order chi connectivity index (χ0) is 14.9. The lowest BCUT2D eigenvalue weighted by molar-refractivity contribution is 0.389. The van der Waals surface area contributed by atoms with E-state index in [1.54, 1.807) is 12.1 Å². The van der Waals surface area contributed by atoms with E-state index in [-0.39, 0.29) is 17.9 Å². The zero-order valence-corrected chi connectivity index (χ0v) is 13.6. The van der Waals surface area contributed by atoms with Crippen molar-refractivity contribution >= 4 is 15.9 Å². The lowest BCUT2D eigenvalue weighted by Crippen LogP contribution is -2.24. The van der Waals surface area contributed by atoms with Crippen LogP contribution in [0.25, 0.3) is 0 Å². The second kappa shape index (κ2) is 6.06. The van der Waals surface area contributed by atoms with E-state index in [1.165, 1.54) is 6.07 Å². The number of aromatic nitrogens is 1. The molecule has 0 saturated carbocycles. The molecule has 0 aliphatic carbocycles. The van der Waals surface area contributed by atoms with E-state index in [0.29, 0.717) is 5.56 Å². The zero-order valence-electron chi connectivity index (χ0n) is 12.0. The number of nitrogens with one attached hydrogen (secondary N) is 1. The van der Waals surface area contributed by atoms with Crippen molar-refractivity contribution in [1.82, 2.24) is 10.5 Å². The van der Waals surface area contributed by atoms with Gasteiger partial charge in [0.2, 0.25) is 0 Å². The molecule has 0 saturated heterocycles. The lowest BCUT2D eigenvalue weighted by Gasteiger charge is -2.21. The summed E-state index contributed by atoms with van der Waals surface area (Å²) in [6, 6.07) is 4.89. The first-order valence-corrected chi connectivity index (χ1v) is 7.33. The fourth-order valence-corrected chi connectivity index (χ4v) is 2.88. The highest BCUT2D eigenvalue weighted by atomic mass is 79.9. The molecule has 0 bridgehead atoms. The average Bonchev–Trinajstić information content (AvgIpc) is 2.71. The first-order valence-electron chi connectivity index (χ1n) is 6.54. The number of aryl methyl sites for hydroxylation is 2. The highest BCUT2D eigenvalue weighted by Crippen LogP contribution is 2.26. The number of halogens is 2. The van der Waals surface area contributed by atoms with E-state index in [9.17, 15) is 4.39 Å². The molecule has 0 radical (unpaired) electrons. The number of rotatable bonds is 4. The van der Waals surface area contributed by atoms with E-state index < -0.39 is 0 Å². The van der Waals surface area contributed by atoms with Gasteiger partial charge >= 0.3 is 0 Å². The van der Waals surface area contributed by atoms with Gasteiger partial charge < -0.3 is 9.84 Å². The molecule has 2 rings (SSSR count). The molecule has 3 nitrogen and oxygen atoms in total. The fourth-order valence-electron chi connectivity index (χ4n) is 2.50. The van der Waals surface area contributed by atoms with Gasteiger partial charge in [-0.05, 0) is 45.9 Å². The van der Waals surface area contributed by atoms with Gasteiger partial charge in [-0.3, -0.25) is 0 Å². The third kappa shape index (κ3) is 3.10. The van der Waals surface area contributed by atoms with Crippen LogP contribution in [-0.4, -0.2) is 5.16 Å². The Morgan fingerprint density at radius 1 is 1.25 bits per heavy atom. The molecule has 0 unspecified atom stereocenters. The molecule has 0 spiro atoms. The van der Waals surface area contributed by atoms with Crippen LogP contribution in [0, 0.1) is 19.7 Å². The Kier molecular flexibility index (Phi) is 4.60. The Balaban J connectivity index is 2.19. The number of hydrogen-bond acceptors (Lipinski definition) is 3. The molecule has 2 atom stereocenters. The second-order valence-corrected chi connectivity index (χ2v) is 5.93. The maximum absolute atomic E-state index is 13.9. The van der Waals surface area contributed by atoms with Crippen molar-refractivity contribution in [3.05, 3.63) is 51.1 Å². The van der Waals surface area contributed by atoms with Gasteiger partial charge in [-0.2, -0.15) is 0 Å². The number of nitrogens with zero attached hydrogens (tertiary/aromatic N) is 1. The smallest absolute Gasteiger partial charge is 0.138 e. The van der Waals surface area contributed by atoms with Crippen LogP contribution in [-0.2, 0) is 0 Å². The van der Waals surface area contributed by atoms with E-state index in [2.05, 4.69) is 26.4 Å². The van der Waals surface area contributed by atoms with Gasteiger partial charge in [-0.25, -0.2) is 4.39 Å². The molecule has 5 heteroatoms. The third-order valence-electron chi connectivity index (χ3n) is 3.45. The topological polar surface area (TPSA) is 38.1 Å². The summed E-state index contributed by atoms with van der Waals surface area (Å²) < 4.78 is 19.9. The van der Waals surface area contributed by atoms with Crippen LogP contribution in [0.5, 0.6) is 0 Å². The van der Waals surface area contributed by atoms with Gasteiger partial charge in [0.15, 0.2) is 0 Å². The van der Waals surface area contributed by atoms with Crippen molar-refractivity contribution < 1.29 is 8.91 Å². The van der Waals surface area contributed by atoms with Crippen LogP contribution in [0.15, 0.2) is 27.2 Å². The third-order valence-corrected chi connectivity index (χ3v) is 3.94. The van der Waals surface area contributed by atoms with Crippen molar-refractivity contribution in [1.29, 1.82) is 0 Å². The summed E-state index contributed by atoms with van der Waals surface area (Å²) in [7, 11) is 0. The van der Waals surface area contributed by atoms with E-state index in [4.69, 9.17) is 4.52 Å². The van der Waals surface area contributed by atoms with E-state index in [0.717, 1.165) is 21.5 Å². The Labute approximate surface area is 126 Å².